The number of nitrogens with one attached hydrogen (secondary N) is 1. The molecule has 18 heavy (non-hydrogen) atoms. The molecule has 102 valence electrons. The van der Waals surface area contributed by atoms with Crippen molar-refractivity contribution in [2.75, 3.05) is 13.1 Å². The highest BCUT2D eigenvalue weighted by Crippen LogP contribution is 2.58. The molecule has 0 spiro atoms. The van der Waals surface area contributed by atoms with Crippen LogP contribution in [0.2, 0.25) is 0 Å². The molecule has 1 unspecified atom stereocenters. The summed E-state index contributed by atoms with van der Waals surface area (Å²) >= 11 is 0. The maximum atomic E-state index is 11.6. The molecular weight excluding hydrogens is 222 g/mol. The lowest BCUT2D eigenvalue weighted by atomic mass is 9.64. The summed E-state index contributed by atoms with van der Waals surface area (Å²) in [5.41, 5.74) is 2.59. The Labute approximate surface area is 111 Å². The standard InChI is InChI=1S/C16H27NO/c1-15(2)11-12-5-3-4-6-14(12)16(15,18)13-7-9-17-10-8-13/h13,17-18H,3-11H2,1-2H3. The SMILES string of the molecule is CC1(C)CC2=C(CCCC2)C1(O)C1CCNCC1. The van der Waals surface area contributed by atoms with Gasteiger partial charge in [-0.2, -0.15) is 0 Å². The van der Waals surface area contributed by atoms with Crippen molar-refractivity contribution in [3.05, 3.63) is 11.1 Å². The van der Waals surface area contributed by atoms with E-state index in [9.17, 15) is 5.11 Å². The summed E-state index contributed by atoms with van der Waals surface area (Å²) in [4.78, 5) is 0. The lowest BCUT2D eigenvalue weighted by molar-refractivity contribution is -0.0797. The molecule has 0 aromatic carbocycles. The summed E-state index contributed by atoms with van der Waals surface area (Å²) in [7, 11) is 0. The van der Waals surface area contributed by atoms with E-state index in [1.807, 2.05) is 0 Å². The molecule has 0 aromatic heterocycles. The molecule has 2 N–H and O–H groups in total. The van der Waals surface area contributed by atoms with Crippen molar-refractivity contribution < 1.29 is 5.11 Å². The van der Waals surface area contributed by atoms with Gasteiger partial charge in [-0.1, -0.05) is 19.4 Å². The Hall–Kier alpha value is -0.340. The highest BCUT2D eigenvalue weighted by atomic mass is 16.3. The van der Waals surface area contributed by atoms with E-state index in [0.29, 0.717) is 5.92 Å². The first-order valence-electron chi connectivity index (χ1n) is 7.70. The van der Waals surface area contributed by atoms with Gasteiger partial charge in [-0.3, -0.25) is 0 Å². The molecule has 3 aliphatic rings. The van der Waals surface area contributed by atoms with E-state index in [0.717, 1.165) is 38.8 Å². The van der Waals surface area contributed by atoms with Crippen molar-refractivity contribution in [3.8, 4) is 0 Å². The molecule has 0 saturated carbocycles. The Balaban J connectivity index is 1.97. The largest absolute Gasteiger partial charge is 0.385 e. The Morgan fingerprint density at radius 3 is 2.50 bits per heavy atom. The maximum absolute atomic E-state index is 11.6. The molecule has 0 radical (unpaired) electrons. The van der Waals surface area contributed by atoms with Crippen LogP contribution < -0.4 is 5.32 Å². The Morgan fingerprint density at radius 2 is 1.78 bits per heavy atom. The van der Waals surface area contributed by atoms with E-state index < -0.39 is 5.60 Å². The number of hydrogen-bond donors (Lipinski definition) is 2. The molecule has 1 saturated heterocycles. The van der Waals surface area contributed by atoms with E-state index >= 15 is 0 Å². The number of allylic oxidation sites excluding steroid dienone is 1. The zero-order valence-electron chi connectivity index (χ0n) is 11.9. The van der Waals surface area contributed by atoms with Gasteiger partial charge in [-0.15, -0.1) is 0 Å². The first kappa shape index (κ1) is 12.7. The summed E-state index contributed by atoms with van der Waals surface area (Å²) in [6.07, 6.45) is 8.40. The van der Waals surface area contributed by atoms with Crippen LogP contribution in [-0.2, 0) is 0 Å². The summed E-state index contributed by atoms with van der Waals surface area (Å²) in [6.45, 7) is 6.72. The van der Waals surface area contributed by atoms with Crippen LogP contribution in [0.5, 0.6) is 0 Å². The zero-order chi connectivity index (χ0) is 12.8. The second kappa shape index (κ2) is 4.35. The van der Waals surface area contributed by atoms with Crippen LogP contribution in [0.1, 0.15) is 58.8 Å². The van der Waals surface area contributed by atoms with Gasteiger partial charge in [0.15, 0.2) is 0 Å². The molecule has 0 bridgehead atoms. The monoisotopic (exact) mass is 249 g/mol. The van der Waals surface area contributed by atoms with Crippen molar-refractivity contribution in [2.45, 2.75) is 64.4 Å². The second-order valence-electron chi connectivity index (χ2n) is 7.14. The number of piperidine rings is 1. The van der Waals surface area contributed by atoms with Crippen LogP contribution in [0, 0.1) is 11.3 Å². The fraction of sp³-hybridized carbons (Fsp3) is 0.875. The lowest BCUT2D eigenvalue weighted by Crippen LogP contribution is -2.52. The van der Waals surface area contributed by atoms with Gasteiger partial charge in [0.1, 0.15) is 0 Å². The highest BCUT2D eigenvalue weighted by Gasteiger charge is 2.56. The lowest BCUT2D eigenvalue weighted by Gasteiger charge is -2.47. The van der Waals surface area contributed by atoms with E-state index in [2.05, 4.69) is 19.2 Å². The van der Waals surface area contributed by atoms with Gasteiger partial charge in [-0.05, 0) is 69.5 Å². The molecule has 1 atom stereocenters. The average molecular weight is 249 g/mol. The predicted octanol–water partition coefficient (Wildman–Crippen LogP) is 3.02. The third-order valence-corrected chi connectivity index (χ3v) is 5.66. The van der Waals surface area contributed by atoms with Crippen LogP contribution in [0.15, 0.2) is 11.1 Å². The molecule has 2 nitrogen and oxygen atoms in total. The molecule has 2 heteroatoms. The van der Waals surface area contributed by atoms with Crippen molar-refractivity contribution >= 4 is 0 Å². The molecule has 0 amide bonds. The van der Waals surface area contributed by atoms with Gasteiger partial charge >= 0.3 is 0 Å². The summed E-state index contributed by atoms with van der Waals surface area (Å²) in [5, 5.41) is 15.0. The van der Waals surface area contributed by atoms with Crippen molar-refractivity contribution in [1.82, 2.24) is 5.32 Å². The van der Waals surface area contributed by atoms with Crippen LogP contribution >= 0.6 is 0 Å². The Morgan fingerprint density at radius 1 is 1.11 bits per heavy atom. The fourth-order valence-corrected chi connectivity index (χ4v) is 4.74. The fourth-order valence-electron chi connectivity index (χ4n) is 4.74. The van der Waals surface area contributed by atoms with Crippen LogP contribution in [0.3, 0.4) is 0 Å². The minimum Gasteiger partial charge on any atom is -0.385 e. The molecule has 1 fully saturated rings. The Bertz CT molecular complexity index is 365. The van der Waals surface area contributed by atoms with Gasteiger partial charge < -0.3 is 10.4 Å². The van der Waals surface area contributed by atoms with Crippen molar-refractivity contribution in [3.63, 3.8) is 0 Å². The van der Waals surface area contributed by atoms with E-state index in [-0.39, 0.29) is 5.41 Å². The van der Waals surface area contributed by atoms with E-state index in [1.165, 1.54) is 24.8 Å². The average Bonchev–Trinajstić information content (AvgIpc) is 2.59. The minimum atomic E-state index is -0.509. The topological polar surface area (TPSA) is 32.3 Å². The van der Waals surface area contributed by atoms with Gasteiger partial charge in [-0.25, -0.2) is 0 Å². The molecule has 1 heterocycles. The van der Waals surface area contributed by atoms with Crippen LogP contribution in [0.25, 0.3) is 0 Å². The minimum absolute atomic E-state index is 0.0456. The van der Waals surface area contributed by atoms with Crippen molar-refractivity contribution in [2.24, 2.45) is 11.3 Å². The second-order valence-corrected chi connectivity index (χ2v) is 7.14. The number of hydrogen-bond acceptors (Lipinski definition) is 2. The Kier molecular flexibility index (Phi) is 3.06. The van der Waals surface area contributed by atoms with Crippen LogP contribution in [0.4, 0.5) is 0 Å². The number of aliphatic hydroxyl groups is 1. The highest BCUT2D eigenvalue weighted by molar-refractivity contribution is 5.37. The third kappa shape index (κ3) is 1.69. The summed E-state index contributed by atoms with van der Waals surface area (Å²) < 4.78 is 0. The third-order valence-electron chi connectivity index (χ3n) is 5.66. The smallest absolute Gasteiger partial charge is 0.0941 e. The van der Waals surface area contributed by atoms with Gasteiger partial charge in [0.2, 0.25) is 0 Å². The first-order chi connectivity index (χ1) is 8.56. The summed E-state index contributed by atoms with van der Waals surface area (Å²) in [5.74, 6) is 0.472. The van der Waals surface area contributed by atoms with Crippen molar-refractivity contribution in [1.29, 1.82) is 0 Å². The normalized spacial score (nSPS) is 36.8. The number of rotatable bonds is 1. The van der Waals surface area contributed by atoms with Crippen LogP contribution in [-0.4, -0.2) is 23.8 Å². The molecule has 2 aliphatic carbocycles. The molecular formula is C16H27NO. The predicted molar refractivity (Wildman–Crippen MR) is 74.4 cm³/mol. The maximum Gasteiger partial charge on any atom is 0.0941 e. The zero-order valence-corrected chi connectivity index (χ0v) is 11.9. The summed E-state index contributed by atoms with van der Waals surface area (Å²) in [6, 6.07) is 0. The molecule has 0 aromatic rings. The quantitative estimate of drug-likeness (QED) is 0.700. The van der Waals surface area contributed by atoms with Gasteiger partial charge in [0.25, 0.3) is 0 Å². The first-order valence-corrected chi connectivity index (χ1v) is 7.70. The molecule has 3 rings (SSSR count). The van der Waals surface area contributed by atoms with E-state index in [1.54, 1.807) is 5.57 Å². The van der Waals surface area contributed by atoms with Gasteiger partial charge in [0, 0.05) is 5.41 Å². The van der Waals surface area contributed by atoms with Gasteiger partial charge in [0.05, 0.1) is 5.60 Å². The molecule has 1 aliphatic heterocycles. The van der Waals surface area contributed by atoms with E-state index in [4.69, 9.17) is 0 Å².